The molecule has 4 heterocycles. The highest BCUT2D eigenvalue weighted by Crippen LogP contribution is 2.35. The Morgan fingerprint density at radius 2 is 1.82 bits per heavy atom. The van der Waals surface area contributed by atoms with Gasteiger partial charge in [0.2, 0.25) is 5.95 Å². The second-order valence-corrected chi connectivity index (χ2v) is 9.59. The topological polar surface area (TPSA) is 91.2 Å². The summed E-state index contributed by atoms with van der Waals surface area (Å²) in [5.41, 5.74) is 2.62. The molecular weight excluding hydrogens is 428 g/mol. The summed E-state index contributed by atoms with van der Waals surface area (Å²) in [6, 6.07) is 6.90. The van der Waals surface area contributed by atoms with Crippen LogP contribution in [0.4, 0.5) is 17.5 Å². The fraction of sp³-hybridized carbons (Fsp3) is 0.520. The van der Waals surface area contributed by atoms with Crippen LogP contribution in [0.15, 0.2) is 30.6 Å². The minimum Gasteiger partial charge on any atom is -0.370 e. The van der Waals surface area contributed by atoms with Gasteiger partial charge in [0, 0.05) is 50.9 Å². The third-order valence-corrected chi connectivity index (χ3v) is 7.15. The van der Waals surface area contributed by atoms with Crippen LogP contribution < -0.4 is 15.5 Å². The number of nitrogens with one attached hydrogen (secondary N) is 2. The molecule has 180 valence electrons. The minimum atomic E-state index is -0.00424. The second kappa shape index (κ2) is 9.58. The van der Waals surface area contributed by atoms with E-state index < -0.39 is 0 Å². The van der Waals surface area contributed by atoms with Crippen molar-refractivity contribution in [2.75, 3.05) is 44.4 Å². The van der Waals surface area contributed by atoms with Crippen LogP contribution in [-0.2, 0) is 0 Å². The molecule has 0 unspecified atom stereocenters. The van der Waals surface area contributed by atoms with Crippen LogP contribution in [0.2, 0.25) is 0 Å². The number of fused-ring (bicyclic) bond motifs is 1. The molecule has 1 aliphatic carbocycles. The van der Waals surface area contributed by atoms with Crippen molar-refractivity contribution in [2.45, 2.75) is 50.6 Å². The first-order chi connectivity index (χ1) is 16.5. The van der Waals surface area contributed by atoms with Crippen molar-refractivity contribution in [1.29, 1.82) is 0 Å². The van der Waals surface area contributed by atoms with Gasteiger partial charge in [0.1, 0.15) is 17.2 Å². The molecular formula is C25H34N8O. The maximum absolute atomic E-state index is 12.9. The number of hydrogen-bond donors (Lipinski definition) is 2. The Morgan fingerprint density at radius 1 is 1.06 bits per heavy atom. The predicted molar refractivity (Wildman–Crippen MR) is 135 cm³/mol. The van der Waals surface area contributed by atoms with Crippen molar-refractivity contribution in [3.8, 4) is 0 Å². The Morgan fingerprint density at radius 3 is 2.47 bits per heavy atom. The average Bonchev–Trinajstić information content (AvgIpc) is 3.51. The highest BCUT2D eigenvalue weighted by Gasteiger charge is 2.26. The summed E-state index contributed by atoms with van der Waals surface area (Å²) in [5, 5.41) is 7.51. The molecule has 1 saturated carbocycles. The number of amides is 1. The largest absolute Gasteiger partial charge is 0.370 e. The van der Waals surface area contributed by atoms with Crippen LogP contribution in [0.5, 0.6) is 0 Å². The van der Waals surface area contributed by atoms with E-state index in [0.717, 1.165) is 55.5 Å². The van der Waals surface area contributed by atoms with E-state index in [2.05, 4.69) is 36.1 Å². The minimum absolute atomic E-state index is 0.00424. The zero-order valence-electron chi connectivity index (χ0n) is 20.3. The first-order valence-electron chi connectivity index (χ1n) is 12.3. The zero-order valence-corrected chi connectivity index (χ0v) is 20.3. The number of pyridine rings is 1. The highest BCUT2D eigenvalue weighted by molar-refractivity contribution is 5.97. The molecule has 3 aromatic rings. The van der Waals surface area contributed by atoms with Gasteiger partial charge in [-0.05, 0) is 50.9 Å². The Balaban J connectivity index is 1.38. The van der Waals surface area contributed by atoms with Crippen LogP contribution in [0.3, 0.4) is 0 Å². The van der Waals surface area contributed by atoms with E-state index in [1.807, 2.05) is 25.4 Å². The SMILES string of the molecule is CNC1CCN(c2ccc(Nc3ncc4cc(C(=O)N(C)C)n(C5CCCC5)c4n3)nc2)CC1. The summed E-state index contributed by atoms with van der Waals surface area (Å²) in [6.07, 6.45) is 10.5. The van der Waals surface area contributed by atoms with E-state index in [1.165, 1.54) is 12.8 Å². The Labute approximate surface area is 200 Å². The van der Waals surface area contributed by atoms with Crippen molar-refractivity contribution in [3.63, 3.8) is 0 Å². The summed E-state index contributed by atoms with van der Waals surface area (Å²) in [6.45, 7) is 2.07. The summed E-state index contributed by atoms with van der Waals surface area (Å²) in [5.74, 6) is 1.19. The average molecular weight is 463 g/mol. The van der Waals surface area contributed by atoms with Gasteiger partial charge < -0.3 is 25.0 Å². The summed E-state index contributed by atoms with van der Waals surface area (Å²) < 4.78 is 2.13. The number of piperidine rings is 1. The molecule has 2 fully saturated rings. The van der Waals surface area contributed by atoms with E-state index in [4.69, 9.17) is 4.98 Å². The molecule has 5 rings (SSSR count). The lowest BCUT2D eigenvalue weighted by Gasteiger charge is -2.33. The lowest BCUT2D eigenvalue weighted by molar-refractivity contribution is 0.0815. The van der Waals surface area contributed by atoms with Crippen molar-refractivity contribution in [3.05, 3.63) is 36.3 Å². The summed E-state index contributed by atoms with van der Waals surface area (Å²) in [4.78, 5) is 30.8. The number of carbonyl (C=O) groups is 1. The molecule has 9 nitrogen and oxygen atoms in total. The van der Waals surface area contributed by atoms with Gasteiger partial charge in [-0.3, -0.25) is 4.79 Å². The van der Waals surface area contributed by atoms with E-state index in [9.17, 15) is 4.79 Å². The standard InChI is InChI=1S/C25H34N8O/c1-26-18-10-12-32(13-11-18)20-8-9-22(27-16-20)29-25-28-15-17-14-21(24(34)31(2)3)33(23(17)30-25)19-6-4-5-7-19/h8-9,14-16,18-19,26H,4-7,10-13H2,1-3H3,(H,27,28,29,30). The smallest absolute Gasteiger partial charge is 0.270 e. The monoisotopic (exact) mass is 462 g/mol. The van der Waals surface area contributed by atoms with Gasteiger partial charge in [-0.15, -0.1) is 0 Å². The third-order valence-electron chi connectivity index (χ3n) is 7.15. The molecule has 1 aliphatic heterocycles. The summed E-state index contributed by atoms with van der Waals surface area (Å²) >= 11 is 0. The highest BCUT2D eigenvalue weighted by atomic mass is 16.2. The van der Waals surface area contributed by atoms with Gasteiger partial charge in [-0.2, -0.15) is 4.98 Å². The van der Waals surface area contributed by atoms with Crippen LogP contribution in [-0.4, -0.2) is 70.6 Å². The fourth-order valence-corrected chi connectivity index (χ4v) is 5.18. The number of anilines is 3. The Bertz CT molecular complexity index is 1140. The van der Waals surface area contributed by atoms with Crippen molar-refractivity contribution < 1.29 is 4.79 Å². The van der Waals surface area contributed by atoms with Crippen molar-refractivity contribution in [1.82, 2.24) is 29.7 Å². The van der Waals surface area contributed by atoms with Crippen LogP contribution >= 0.6 is 0 Å². The van der Waals surface area contributed by atoms with Gasteiger partial charge in [0.05, 0.1) is 11.9 Å². The quantitative estimate of drug-likeness (QED) is 0.579. The molecule has 0 aromatic carbocycles. The van der Waals surface area contributed by atoms with Gasteiger partial charge in [-0.25, -0.2) is 9.97 Å². The van der Waals surface area contributed by atoms with Crippen LogP contribution in [0.1, 0.15) is 55.1 Å². The molecule has 1 amide bonds. The first kappa shape index (κ1) is 22.6. The van der Waals surface area contributed by atoms with Crippen LogP contribution in [0, 0.1) is 0 Å². The van der Waals surface area contributed by atoms with E-state index in [-0.39, 0.29) is 5.91 Å². The van der Waals surface area contributed by atoms with Gasteiger partial charge in [-0.1, -0.05) is 12.8 Å². The first-order valence-corrected chi connectivity index (χ1v) is 12.3. The number of nitrogens with zero attached hydrogens (tertiary/aromatic N) is 6. The normalized spacial score (nSPS) is 17.4. The molecule has 2 aliphatic rings. The molecule has 1 saturated heterocycles. The Kier molecular flexibility index (Phi) is 6.36. The molecule has 0 bridgehead atoms. The zero-order chi connectivity index (χ0) is 23.7. The van der Waals surface area contributed by atoms with E-state index >= 15 is 0 Å². The number of carbonyl (C=O) groups excluding carboxylic acids is 1. The van der Waals surface area contributed by atoms with Crippen molar-refractivity contribution in [2.24, 2.45) is 0 Å². The third kappa shape index (κ3) is 4.44. The second-order valence-electron chi connectivity index (χ2n) is 9.59. The van der Waals surface area contributed by atoms with Gasteiger partial charge in [0.25, 0.3) is 5.91 Å². The molecule has 0 atom stereocenters. The molecule has 3 aromatic heterocycles. The Hall–Kier alpha value is -3.20. The molecule has 9 heteroatoms. The van der Waals surface area contributed by atoms with Gasteiger partial charge in [0.15, 0.2) is 0 Å². The number of hydrogen-bond acceptors (Lipinski definition) is 7. The maximum atomic E-state index is 12.9. The van der Waals surface area contributed by atoms with E-state index in [1.54, 1.807) is 25.2 Å². The predicted octanol–water partition coefficient (Wildman–Crippen LogP) is 3.58. The molecule has 34 heavy (non-hydrogen) atoms. The van der Waals surface area contributed by atoms with E-state index in [0.29, 0.717) is 29.5 Å². The number of rotatable bonds is 6. The number of aromatic nitrogens is 4. The molecule has 0 spiro atoms. The molecule has 0 radical (unpaired) electrons. The molecule has 2 N–H and O–H groups in total. The fourth-order valence-electron chi connectivity index (χ4n) is 5.18. The van der Waals surface area contributed by atoms with Crippen LogP contribution in [0.25, 0.3) is 11.0 Å². The summed E-state index contributed by atoms with van der Waals surface area (Å²) in [7, 11) is 5.61. The lowest BCUT2D eigenvalue weighted by Crippen LogP contribution is -2.41. The van der Waals surface area contributed by atoms with Gasteiger partial charge >= 0.3 is 0 Å². The lowest BCUT2D eigenvalue weighted by atomic mass is 10.1. The van der Waals surface area contributed by atoms with Crippen molar-refractivity contribution >= 4 is 34.4 Å². The maximum Gasteiger partial charge on any atom is 0.270 e.